The Hall–Kier alpha value is -0.0800. The van der Waals surface area contributed by atoms with Gasteiger partial charge in [0.2, 0.25) is 0 Å². The van der Waals surface area contributed by atoms with Crippen LogP contribution >= 0.6 is 0 Å². The minimum Gasteiger partial charge on any atom is -0.324 e. The second-order valence-corrected chi connectivity index (χ2v) is 5.39. The Labute approximate surface area is 81.5 Å². The number of nitrogens with two attached hydrogens (primary N) is 1. The van der Waals surface area contributed by atoms with E-state index in [1.807, 2.05) is 0 Å². The summed E-state index contributed by atoms with van der Waals surface area (Å²) in [5, 5.41) is 0. The molecule has 2 N–H and O–H groups in total. The smallest absolute Gasteiger partial charge is 0.0284 e. The molecule has 2 nitrogen and oxygen atoms in total. The summed E-state index contributed by atoms with van der Waals surface area (Å²) in [6, 6.07) is 0. The van der Waals surface area contributed by atoms with Crippen molar-refractivity contribution in [3.63, 3.8) is 0 Å². The molecule has 2 fully saturated rings. The Morgan fingerprint density at radius 2 is 2.15 bits per heavy atom. The Morgan fingerprint density at radius 3 is 2.62 bits per heavy atom. The third-order valence-electron chi connectivity index (χ3n) is 3.68. The van der Waals surface area contributed by atoms with Crippen LogP contribution in [-0.4, -0.2) is 30.1 Å². The molecule has 0 aromatic heterocycles. The molecule has 13 heavy (non-hydrogen) atoms. The first kappa shape index (κ1) is 9.47. The molecule has 1 unspecified atom stereocenters. The van der Waals surface area contributed by atoms with Crippen LogP contribution in [0.5, 0.6) is 0 Å². The normalized spacial score (nSPS) is 32.8. The molecular formula is C11H22N2. The standard InChI is InChI=1S/C11H22N2/c1-9(2)10-3-6-13(7-10)8-11(12)4-5-11/h9-10H,3-8,12H2,1-2H3. The van der Waals surface area contributed by atoms with Gasteiger partial charge in [0.05, 0.1) is 0 Å². The molecular weight excluding hydrogens is 160 g/mol. The first-order chi connectivity index (χ1) is 6.09. The van der Waals surface area contributed by atoms with Gasteiger partial charge in [-0.05, 0) is 37.6 Å². The van der Waals surface area contributed by atoms with Gasteiger partial charge in [0, 0.05) is 18.6 Å². The highest BCUT2D eigenvalue weighted by Crippen LogP contribution is 2.35. The highest BCUT2D eigenvalue weighted by molar-refractivity contribution is 5.01. The van der Waals surface area contributed by atoms with Crippen molar-refractivity contribution < 1.29 is 0 Å². The molecule has 0 amide bonds. The van der Waals surface area contributed by atoms with Crippen LogP contribution in [0.15, 0.2) is 0 Å². The molecule has 0 radical (unpaired) electrons. The van der Waals surface area contributed by atoms with Gasteiger partial charge in [-0.2, -0.15) is 0 Å². The largest absolute Gasteiger partial charge is 0.324 e. The molecule has 1 aliphatic heterocycles. The lowest BCUT2D eigenvalue weighted by molar-refractivity contribution is 0.279. The van der Waals surface area contributed by atoms with E-state index in [0.29, 0.717) is 0 Å². The van der Waals surface area contributed by atoms with Gasteiger partial charge in [0.25, 0.3) is 0 Å². The molecule has 1 atom stereocenters. The van der Waals surface area contributed by atoms with Gasteiger partial charge in [-0.15, -0.1) is 0 Å². The average Bonchev–Trinajstić information content (AvgIpc) is 2.62. The Kier molecular flexibility index (Phi) is 2.37. The minimum absolute atomic E-state index is 0.214. The fourth-order valence-electron chi connectivity index (χ4n) is 2.31. The van der Waals surface area contributed by atoms with Crippen molar-refractivity contribution in [1.82, 2.24) is 4.90 Å². The SMILES string of the molecule is CC(C)C1CCN(CC2(N)CC2)C1. The second-order valence-electron chi connectivity index (χ2n) is 5.39. The fraction of sp³-hybridized carbons (Fsp3) is 1.00. The third kappa shape index (κ3) is 2.23. The van der Waals surface area contributed by atoms with Gasteiger partial charge in [-0.1, -0.05) is 13.8 Å². The first-order valence-electron chi connectivity index (χ1n) is 5.60. The number of hydrogen-bond donors (Lipinski definition) is 1. The van der Waals surface area contributed by atoms with Crippen molar-refractivity contribution in [2.24, 2.45) is 17.6 Å². The van der Waals surface area contributed by atoms with Crippen molar-refractivity contribution >= 4 is 0 Å². The van der Waals surface area contributed by atoms with Gasteiger partial charge in [0.15, 0.2) is 0 Å². The molecule has 1 saturated carbocycles. The van der Waals surface area contributed by atoms with E-state index in [9.17, 15) is 0 Å². The highest BCUT2D eigenvalue weighted by Gasteiger charge is 2.41. The summed E-state index contributed by atoms with van der Waals surface area (Å²) < 4.78 is 0. The zero-order chi connectivity index (χ0) is 9.47. The molecule has 2 heteroatoms. The molecule has 76 valence electrons. The van der Waals surface area contributed by atoms with Crippen LogP contribution in [0.1, 0.15) is 33.1 Å². The van der Waals surface area contributed by atoms with Crippen molar-refractivity contribution in [2.45, 2.75) is 38.6 Å². The fourth-order valence-corrected chi connectivity index (χ4v) is 2.31. The summed E-state index contributed by atoms with van der Waals surface area (Å²) in [4.78, 5) is 2.57. The van der Waals surface area contributed by atoms with E-state index in [4.69, 9.17) is 5.73 Å². The maximum absolute atomic E-state index is 6.11. The number of nitrogens with zero attached hydrogens (tertiary/aromatic N) is 1. The zero-order valence-electron chi connectivity index (χ0n) is 8.92. The average molecular weight is 182 g/mol. The van der Waals surface area contributed by atoms with Crippen LogP contribution in [0.2, 0.25) is 0 Å². The summed E-state index contributed by atoms with van der Waals surface area (Å²) >= 11 is 0. The number of hydrogen-bond acceptors (Lipinski definition) is 2. The lowest BCUT2D eigenvalue weighted by atomic mass is 9.95. The predicted molar refractivity (Wildman–Crippen MR) is 55.5 cm³/mol. The lowest BCUT2D eigenvalue weighted by Gasteiger charge is -2.21. The monoisotopic (exact) mass is 182 g/mol. The van der Waals surface area contributed by atoms with Gasteiger partial charge in [-0.25, -0.2) is 0 Å². The predicted octanol–water partition coefficient (Wildman–Crippen LogP) is 1.46. The van der Waals surface area contributed by atoms with Crippen molar-refractivity contribution in [3.05, 3.63) is 0 Å². The summed E-state index contributed by atoms with van der Waals surface area (Å²) in [6.45, 7) is 8.39. The summed E-state index contributed by atoms with van der Waals surface area (Å²) in [6.07, 6.45) is 3.87. The summed E-state index contributed by atoms with van der Waals surface area (Å²) in [5.41, 5.74) is 6.32. The Balaban J connectivity index is 1.78. The molecule has 2 rings (SSSR count). The van der Waals surface area contributed by atoms with Crippen LogP contribution in [0.3, 0.4) is 0 Å². The molecule has 0 bridgehead atoms. The third-order valence-corrected chi connectivity index (χ3v) is 3.68. The molecule has 2 aliphatic rings. The van der Waals surface area contributed by atoms with Gasteiger partial charge >= 0.3 is 0 Å². The zero-order valence-corrected chi connectivity index (χ0v) is 8.92. The topological polar surface area (TPSA) is 29.3 Å². The first-order valence-corrected chi connectivity index (χ1v) is 5.60. The van der Waals surface area contributed by atoms with E-state index in [1.54, 1.807) is 0 Å². The van der Waals surface area contributed by atoms with E-state index < -0.39 is 0 Å². The van der Waals surface area contributed by atoms with E-state index >= 15 is 0 Å². The summed E-state index contributed by atoms with van der Waals surface area (Å²) in [7, 11) is 0. The summed E-state index contributed by atoms with van der Waals surface area (Å²) in [5.74, 6) is 1.76. The van der Waals surface area contributed by atoms with Crippen LogP contribution in [0.25, 0.3) is 0 Å². The van der Waals surface area contributed by atoms with E-state index in [0.717, 1.165) is 18.4 Å². The van der Waals surface area contributed by atoms with Crippen molar-refractivity contribution in [3.8, 4) is 0 Å². The van der Waals surface area contributed by atoms with Gasteiger partial charge in [-0.3, -0.25) is 0 Å². The highest BCUT2D eigenvalue weighted by atomic mass is 15.2. The van der Waals surface area contributed by atoms with Crippen LogP contribution in [0.4, 0.5) is 0 Å². The lowest BCUT2D eigenvalue weighted by Crippen LogP contribution is -2.38. The van der Waals surface area contributed by atoms with Gasteiger partial charge < -0.3 is 10.6 Å². The van der Waals surface area contributed by atoms with E-state index in [-0.39, 0.29) is 5.54 Å². The van der Waals surface area contributed by atoms with Crippen LogP contribution < -0.4 is 5.73 Å². The maximum Gasteiger partial charge on any atom is 0.0284 e. The second kappa shape index (κ2) is 3.25. The maximum atomic E-state index is 6.11. The van der Waals surface area contributed by atoms with Crippen molar-refractivity contribution in [2.75, 3.05) is 19.6 Å². The van der Waals surface area contributed by atoms with Crippen LogP contribution in [-0.2, 0) is 0 Å². The molecule has 1 saturated heterocycles. The van der Waals surface area contributed by atoms with E-state index in [1.165, 1.54) is 32.4 Å². The molecule has 0 aromatic carbocycles. The van der Waals surface area contributed by atoms with E-state index in [2.05, 4.69) is 18.7 Å². The molecule has 0 spiro atoms. The van der Waals surface area contributed by atoms with Crippen LogP contribution in [0, 0.1) is 11.8 Å². The Morgan fingerprint density at radius 1 is 1.46 bits per heavy atom. The molecule has 0 aromatic rings. The minimum atomic E-state index is 0.214. The van der Waals surface area contributed by atoms with Crippen molar-refractivity contribution in [1.29, 1.82) is 0 Å². The Bertz CT molecular complexity index is 185. The van der Waals surface area contributed by atoms with Gasteiger partial charge in [0.1, 0.15) is 0 Å². The quantitative estimate of drug-likeness (QED) is 0.716. The molecule has 1 heterocycles. The molecule has 1 aliphatic carbocycles. The number of rotatable bonds is 3. The number of likely N-dealkylation sites (tertiary alicyclic amines) is 1.